The van der Waals surface area contributed by atoms with Gasteiger partial charge in [-0.3, -0.25) is 9.59 Å². The van der Waals surface area contributed by atoms with Crippen LogP contribution in [0.4, 0.5) is 0 Å². The van der Waals surface area contributed by atoms with Gasteiger partial charge in [0.25, 0.3) is 0 Å². The van der Waals surface area contributed by atoms with Gasteiger partial charge in [-0.05, 0) is 74.5 Å². The van der Waals surface area contributed by atoms with Crippen molar-refractivity contribution in [3.8, 4) is 0 Å². The van der Waals surface area contributed by atoms with E-state index < -0.39 is 17.0 Å². The van der Waals surface area contributed by atoms with E-state index in [4.69, 9.17) is 4.74 Å². The molecule has 2 N–H and O–H groups in total. The quantitative estimate of drug-likeness (QED) is 0.571. The molecule has 0 bridgehead atoms. The summed E-state index contributed by atoms with van der Waals surface area (Å²) in [4.78, 5) is 24.0. The van der Waals surface area contributed by atoms with Gasteiger partial charge in [0.15, 0.2) is 6.61 Å². The maximum absolute atomic E-state index is 12.9. The zero-order valence-electron chi connectivity index (χ0n) is 17.4. The summed E-state index contributed by atoms with van der Waals surface area (Å²) in [5.74, 6) is 0.504. The Labute approximate surface area is 167 Å². The molecule has 3 saturated carbocycles. The zero-order valence-corrected chi connectivity index (χ0v) is 17.4. The van der Waals surface area contributed by atoms with Crippen molar-refractivity contribution >= 4 is 11.8 Å². The van der Waals surface area contributed by atoms with Gasteiger partial charge in [-0.1, -0.05) is 25.5 Å². The Morgan fingerprint density at radius 2 is 1.86 bits per heavy atom. The van der Waals surface area contributed by atoms with Crippen LogP contribution >= 0.6 is 0 Å². The molecule has 0 radical (unpaired) electrons. The van der Waals surface area contributed by atoms with Crippen molar-refractivity contribution in [3.63, 3.8) is 0 Å². The summed E-state index contributed by atoms with van der Waals surface area (Å²) < 4.78 is 4.93. The molecule has 5 heteroatoms. The molecule has 28 heavy (non-hydrogen) atoms. The van der Waals surface area contributed by atoms with Gasteiger partial charge >= 0.3 is 5.97 Å². The zero-order chi connectivity index (χ0) is 20.3. The van der Waals surface area contributed by atoms with Crippen LogP contribution < -0.4 is 0 Å². The first-order chi connectivity index (χ1) is 13.1. The van der Waals surface area contributed by atoms with Gasteiger partial charge in [-0.25, -0.2) is 0 Å². The van der Waals surface area contributed by atoms with Crippen molar-refractivity contribution in [1.82, 2.24) is 0 Å². The van der Waals surface area contributed by atoms with Crippen molar-refractivity contribution in [2.75, 3.05) is 6.61 Å². The number of ketones is 1. The SMILES string of the molecule is CC(=O)OCC(=O)[C@@]1(O)CC[C@@H]2[C@@H]3CC=C4C[C@@H](O)CC[C@]4(C)[C@@H]3CC[C@@]21C. The van der Waals surface area contributed by atoms with Gasteiger partial charge in [0.05, 0.1) is 6.10 Å². The predicted octanol–water partition coefficient (Wildman–Crippen LogP) is 3.17. The third-order valence-corrected chi connectivity index (χ3v) is 9.10. The number of aliphatic hydroxyl groups is 2. The summed E-state index contributed by atoms with van der Waals surface area (Å²) in [6, 6.07) is 0. The number of rotatable bonds is 3. The van der Waals surface area contributed by atoms with Gasteiger partial charge in [0, 0.05) is 12.3 Å². The Morgan fingerprint density at radius 3 is 2.57 bits per heavy atom. The summed E-state index contributed by atoms with van der Waals surface area (Å²) in [6.07, 6.45) is 8.96. The number of allylic oxidation sites excluding steroid dienone is 1. The number of carbonyl (C=O) groups is 2. The summed E-state index contributed by atoms with van der Waals surface area (Å²) in [7, 11) is 0. The van der Waals surface area contributed by atoms with Crippen molar-refractivity contribution < 1.29 is 24.5 Å². The van der Waals surface area contributed by atoms with Crippen LogP contribution in [0, 0.1) is 28.6 Å². The predicted molar refractivity (Wildman–Crippen MR) is 104 cm³/mol. The minimum Gasteiger partial charge on any atom is -0.458 e. The lowest BCUT2D eigenvalue weighted by molar-refractivity contribution is -0.168. The van der Waals surface area contributed by atoms with Crippen LogP contribution in [-0.2, 0) is 14.3 Å². The minimum absolute atomic E-state index is 0.145. The number of hydrogen-bond acceptors (Lipinski definition) is 5. The molecule has 0 aromatic rings. The number of ether oxygens (including phenoxy) is 1. The maximum atomic E-state index is 12.9. The standard InChI is InChI=1S/C23H34O5/c1-14(24)28-13-20(26)23(27)11-8-19-17-5-4-15-12-16(25)6-9-21(15,2)18(17)7-10-22(19,23)3/h4,16-19,25,27H,5-13H2,1-3H3/t16-,17+,18+,19+,21-,22-,23-/m0/s1. The number of hydrogen-bond donors (Lipinski definition) is 2. The van der Waals surface area contributed by atoms with Gasteiger partial charge in [-0.2, -0.15) is 0 Å². The normalized spacial score (nSPS) is 47.4. The van der Waals surface area contributed by atoms with Gasteiger partial charge < -0.3 is 14.9 Å². The molecule has 156 valence electrons. The van der Waals surface area contributed by atoms with E-state index in [1.165, 1.54) is 12.5 Å². The van der Waals surface area contributed by atoms with Crippen LogP contribution in [0.2, 0.25) is 0 Å². The first kappa shape index (κ1) is 20.1. The molecule has 4 rings (SSSR count). The van der Waals surface area contributed by atoms with Crippen LogP contribution in [-0.4, -0.2) is 40.3 Å². The Balaban J connectivity index is 1.60. The molecule has 4 aliphatic rings. The molecular formula is C23H34O5. The molecular weight excluding hydrogens is 356 g/mol. The topological polar surface area (TPSA) is 83.8 Å². The Kier molecular flexibility index (Phi) is 4.78. The van der Waals surface area contributed by atoms with Crippen molar-refractivity contribution in [1.29, 1.82) is 0 Å². The molecule has 0 amide bonds. The van der Waals surface area contributed by atoms with E-state index in [-0.39, 0.29) is 23.9 Å². The van der Waals surface area contributed by atoms with E-state index in [2.05, 4.69) is 19.9 Å². The minimum atomic E-state index is -1.40. The number of esters is 1. The third-order valence-electron chi connectivity index (χ3n) is 9.10. The summed E-state index contributed by atoms with van der Waals surface area (Å²) >= 11 is 0. The van der Waals surface area contributed by atoms with Crippen molar-refractivity contribution in [2.45, 2.75) is 83.8 Å². The molecule has 0 spiro atoms. The number of carbonyl (C=O) groups excluding carboxylic acids is 2. The second-order valence-electron chi connectivity index (χ2n) is 10.2. The number of fused-ring (bicyclic) bond motifs is 5. The molecule has 0 saturated heterocycles. The molecule has 0 aliphatic heterocycles. The highest BCUT2D eigenvalue weighted by Gasteiger charge is 2.66. The smallest absolute Gasteiger partial charge is 0.303 e. The lowest BCUT2D eigenvalue weighted by Gasteiger charge is -2.58. The van der Waals surface area contributed by atoms with Gasteiger partial charge in [0.2, 0.25) is 5.78 Å². The molecule has 0 unspecified atom stereocenters. The van der Waals surface area contributed by atoms with Gasteiger partial charge in [0.1, 0.15) is 5.60 Å². The van der Waals surface area contributed by atoms with E-state index in [0.29, 0.717) is 24.2 Å². The molecule has 3 fully saturated rings. The molecule has 7 atom stereocenters. The van der Waals surface area contributed by atoms with Gasteiger partial charge in [-0.15, -0.1) is 0 Å². The Bertz CT molecular complexity index is 714. The maximum Gasteiger partial charge on any atom is 0.303 e. The van der Waals surface area contributed by atoms with Crippen molar-refractivity contribution in [3.05, 3.63) is 11.6 Å². The molecule has 4 aliphatic carbocycles. The lowest BCUT2D eigenvalue weighted by Crippen LogP contribution is -2.58. The highest BCUT2D eigenvalue weighted by Crippen LogP contribution is 2.67. The summed E-state index contributed by atoms with van der Waals surface area (Å²) in [6.45, 7) is 5.41. The monoisotopic (exact) mass is 390 g/mol. The Morgan fingerprint density at radius 1 is 1.14 bits per heavy atom. The molecule has 0 aromatic heterocycles. The molecule has 5 nitrogen and oxygen atoms in total. The van der Waals surface area contributed by atoms with Crippen molar-refractivity contribution in [2.24, 2.45) is 28.6 Å². The largest absolute Gasteiger partial charge is 0.458 e. The van der Waals surface area contributed by atoms with E-state index >= 15 is 0 Å². The van der Waals surface area contributed by atoms with E-state index in [1.807, 2.05) is 0 Å². The number of Topliss-reactive ketones (excluding diaryl/α,β-unsaturated/α-hetero) is 1. The fraction of sp³-hybridized carbons (Fsp3) is 0.826. The fourth-order valence-corrected chi connectivity index (χ4v) is 7.40. The second kappa shape index (κ2) is 6.66. The second-order valence-corrected chi connectivity index (χ2v) is 10.2. The van der Waals surface area contributed by atoms with Crippen LogP contribution in [0.15, 0.2) is 11.6 Å². The first-order valence-electron chi connectivity index (χ1n) is 10.9. The fourth-order valence-electron chi connectivity index (χ4n) is 7.40. The molecule has 0 aromatic carbocycles. The average Bonchev–Trinajstić information content (AvgIpc) is 2.92. The third kappa shape index (κ3) is 2.72. The Hall–Kier alpha value is -1.20. The van der Waals surface area contributed by atoms with Crippen LogP contribution in [0.5, 0.6) is 0 Å². The highest BCUT2D eigenvalue weighted by atomic mass is 16.5. The van der Waals surface area contributed by atoms with E-state index in [1.54, 1.807) is 0 Å². The highest BCUT2D eigenvalue weighted by molar-refractivity contribution is 5.90. The molecule has 0 heterocycles. The van der Waals surface area contributed by atoms with E-state index in [0.717, 1.165) is 44.9 Å². The lowest BCUT2D eigenvalue weighted by atomic mass is 9.46. The van der Waals surface area contributed by atoms with Crippen LogP contribution in [0.1, 0.15) is 72.1 Å². The first-order valence-corrected chi connectivity index (χ1v) is 10.9. The van der Waals surface area contributed by atoms with Crippen LogP contribution in [0.3, 0.4) is 0 Å². The summed E-state index contributed by atoms with van der Waals surface area (Å²) in [5.41, 5.74) is -0.283. The summed E-state index contributed by atoms with van der Waals surface area (Å²) in [5, 5.41) is 21.6. The average molecular weight is 391 g/mol. The number of aliphatic hydroxyl groups excluding tert-OH is 1. The van der Waals surface area contributed by atoms with Crippen LogP contribution in [0.25, 0.3) is 0 Å². The van der Waals surface area contributed by atoms with E-state index in [9.17, 15) is 19.8 Å².